The van der Waals surface area contributed by atoms with Gasteiger partial charge in [0.05, 0.1) is 13.2 Å². The number of rotatable bonds is 4. The molecule has 0 saturated carbocycles. The van der Waals surface area contributed by atoms with Gasteiger partial charge in [0.2, 0.25) is 0 Å². The number of aromatic nitrogens is 3. The number of aryl methyl sites for hydroxylation is 1. The Kier molecular flexibility index (Phi) is 4.06. The minimum Gasteiger partial charge on any atom is -0.496 e. The van der Waals surface area contributed by atoms with Crippen molar-refractivity contribution in [2.24, 2.45) is 0 Å². The lowest BCUT2D eigenvalue weighted by Gasteiger charge is -2.23. The van der Waals surface area contributed by atoms with Crippen molar-refractivity contribution in [3.05, 3.63) is 41.0 Å². The molecule has 1 aromatic heterocycles. The van der Waals surface area contributed by atoms with Gasteiger partial charge < -0.3 is 4.74 Å². The van der Waals surface area contributed by atoms with Crippen molar-refractivity contribution >= 4 is 0 Å². The molecular formula is C15H18F2N4O. The van der Waals surface area contributed by atoms with Crippen molar-refractivity contribution < 1.29 is 13.5 Å². The molecule has 1 fully saturated rings. The molecule has 7 heteroatoms. The van der Waals surface area contributed by atoms with Gasteiger partial charge in [-0.2, -0.15) is 5.10 Å². The van der Waals surface area contributed by atoms with Crippen LogP contribution in [-0.4, -0.2) is 33.7 Å². The third-order valence-corrected chi connectivity index (χ3v) is 4.01. The maximum absolute atomic E-state index is 14.1. The zero-order chi connectivity index (χ0) is 15.7. The van der Waals surface area contributed by atoms with Crippen molar-refractivity contribution in [3.63, 3.8) is 0 Å². The Hall–Kier alpha value is -2.02. The maximum atomic E-state index is 14.1. The highest BCUT2D eigenvalue weighted by Crippen LogP contribution is 2.34. The van der Waals surface area contributed by atoms with Crippen LogP contribution in [0.2, 0.25) is 0 Å². The number of likely N-dealkylation sites (tertiary alicyclic amines) is 1. The zero-order valence-corrected chi connectivity index (χ0v) is 12.6. The van der Waals surface area contributed by atoms with E-state index in [4.69, 9.17) is 4.74 Å². The van der Waals surface area contributed by atoms with E-state index in [-0.39, 0.29) is 18.2 Å². The summed E-state index contributed by atoms with van der Waals surface area (Å²) in [4.78, 5) is 6.42. The van der Waals surface area contributed by atoms with Crippen LogP contribution in [0.4, 0.5) is 8.78 Å². The van der Waals surface area contributed by atoms with E-state index in [0.29, 0.717) is 11.6 Å². The Bertz CT molecular complexity index is 674. The highest BCUT2D eigenvalue weighted by molar-refractivity contribution is 5.35. The number of nitrogens with zero attached hydrogens (tertiary/aromatic N) is 3. The van der Waals surface area contributed by atoms with Crippen molar-refractivity contribution in [2.75, 3.05) is 13.7 Å². The van der Waals surface area contributed by atoms with E-state index in [1.54, 1.807) is 0 Å². The standard InChI is InChI=1S/C15H18F2N4O/c1-9-18-15(20-19-9)12-4-3-7-21(12)8-10-13(22-2)6-5-11(16)14(10)17/h5-6,12H,3-4,7-8H2,1-2H3,(H,18,19,20). The fraction of sp³-hybridized carbons (Fsp3) is 0.467. The van der Waals surface area contributed by atoms with Gasteiger partial charge in [-0.1, -0.05) is 0 Å². The lowest BCUT2D eigenvalue weighted by molar-refractivity contribution is 0.231. The molecule has 2 heterocycles. The first-order valence-corrected chi connectivity index (χ1v) is 7.24. The Labute approximate surface area is 127 Å². The van der Waals surface area contributed by atoms with Crippen LogP contribution in [0.5, 0.6) is 5.75 Å². The van der Waals surface area contributed by atoms with E-state index >= 15 is 0 Å². The molecule has 0 aliphatic carbocycles. The van der Waals surface area contributed by atoms with Crippen LogP contribution in [0.25, 0.3) is 0 Å². The maximum Gasteiger partial charge on any atom is 0.167 e. The van der Waals surface area contributed by atoms with Gasteiger partial charge >= 0.3 is 0 Å². The van der Waals surface area contributed by atoms with E-state index in [1.165, 1.54) is 13.2 Å². The number of hydrogen-bond donors (Lipinski definition) is 1. The molecule has 1 aromatic carbocycles. The molecule has 1 aliphatic rings. The zero-order valence-electron chi connectivity index (χ0n) is 12.6. The average molecular weight is 308 g/mol. The van der Waals surface area contributed by atoms with Crippen molar-refractivity contribution in [2.45, 2.75) is 32.4 Å². The second-order valence-electron chi connectivity index (χ2n) is 5.45. The van der Waals surface area contributed by atoms with Gasteiger partial charge in [-0.15, -0.1) is 0 Å². The van der Waals surface area contributed by atoms with Gasteiger partial charge in [0.15, 0.2) is 17.5 Å². The van der Waals surface area contributed by atoms with E-state index in [9.17, 15) is 8.78 Å². The van der Waals surface area contributed by atoms with Crippen molar-refractivity contribution in [1.29, 1.82) is 0 Å². The first kappa shape index (κ1) is 14.9. The van der Waals surface area contributed by atoms with Crippen LogP contribution in [0.1, 0.15) is 36.1 Å². The second-order valence-corrected chi connectivity index (χ2v) is 5.45. The minimum absolute atomic E-state index is 0.0114. The van der Waals surface area contributed by atoms with E-state index in [0.717, 1.165) is 31.3 Å². The smallest absolute Gasteiger partial charge is 0.167 e. The SMILES string of the molecule is COc1ccc(F)c(F)c1CN1CCCC1c1n[nH]c(C)n1. The summed E-state index contributed by atoms with van der Waals surface area (Å²) >= 11 is 0. The van der Waals surface area contributed by atoms with Gasteiger partial charge in [-0.05, 0) is 38.4 Å². The van der Waals surface area contributed by atoms with Crippen LogP contribution < -0.4 is 4.74 Å². The summed E-state index contributed by atoms with van der Waals surface area (Å²) in [5.41, 5.74) is 0.238. The van der Waals surface area contributed by atoms with Crippen LogP contribution >= 0.6 is 0 Å². The number of halogens is 2. The van der Waals surface area contributed by atoms with Crippen LogP contribution in [0, 0.1) is 18.6 Å². The van der Waals surface area contributed by atoms with Crippen molar-refractivity contribution in [3.8, 4) is 5.75 Å². The molecule has 3 rings (SSSR count). The Morgan fingerprint density at radius 3 is 2.91 bits per heavy atom. The highest BCUT2D eigenvalue weighted by Gasteiger charge is 2.30. The second kappa shape index (κ2) is 6.00. The van der Waals surface area contributed by atoms with E-state index in [1.807, 2.05) is 6.92 Å². The lowest BCUT2D eigenvalue weighted by atomic mass is 10.1. The number of hydrogen-bond acceptors (Lipinski definition) is 4. The van der Waals surface area contributed by atoms with Gasteiger partial charge in [-0.25, -0.2) is 13.8 Å². The summed E-state index contributed by atoms with van der Waals surface area (Å²) in [6, 6.07) is 2.55. The Balaban J connectivity index is 1.87. The summed E-state index contributed by atoms with van der Waals surface area (Å²) in [5, 5.41) is 7.02. The summed E-state index contributed by atoms with van der Waals surface area (Å²) in [7, 11) is 1.45. The average Bonchev–Trinajstić information content (AvgIpc) is 3.13. The van der Waals surface area contributed by atoms with Crippen molar-refractivity contribution in [1.82, 2.24) is 20.1 Å². The molecule has 1 saturated heterocycles. The molecule has 0 amide bonds. The first-order chi connectivity index (χ1) is 10.6. The third kappa shape index (κ3) is 2.68. The molecule has 22 heavy (non-hydrogen) atoms. The molecule has 1 aliphatic heterocycles. The van der Waals surface area contributed by atoms with E-state index < -0.39 is 11.6 Å². The predicted octanol–water partition coefficient (Wildman–Crippen LogP) is 2.74. The van der Waals surface area contributed by atoms with Crippen LogP contribution in [0.3, 0.4) is 0 Å². The Morgan fingerprint density at radius 2 is 2.23 bits per heavy atom. The summed E-state index contributed by atoms with van der Waals surface area (Å²) in [6.45, 7) is 2.90. The van der Waals surface area contributed by atoms with Gasteiger partial charge in [0.1, 0.15) is 11.6 Å². The van der Waals surface area contributed by atoms with Crippen LogP contribution in [0.15, 0.2) is 12.1 Å². The molecule has 5 nitrogen and oxygen atoms in total. The number of nitrogens with one attached hydrogen (secondary N) is 1. The van der Waals surface area contributed by atoms with Gasteiger partial charge in [0.25, 0.3) is 0 Å². The number of benzene rings is 1. The number of aromatic amines is 1. The monoisotopic (exact) mass is 308 g/mol. The molecule has 2 aromatic rings. The molecule has 118 valence electrons. The van der Waals surface area contributed by atoms with Crippen LogP contribution in [-0.2, 0) is 6.54 Å². The third-order valence-electron chi connectivity index (χ3n) is 4.01. The largest absolute Gasteiger partial charge is 0.496 e. The van der Waals surface area contributed by atoms with E-state index in [2.05, 4.69) is 20.1 Å². The molecule has 0 spiro atoms. The quantitative estimate of drug-likeness (QED) is 0.943. The molecule has 0 radical (unpaired) electrons. The molecular weight excluding hydrogens is 290 g/mol. The van der Waals surface area contributed by atoms with Gasteiger partial charge in [0, 0.05) is 12.1 Å². The number of ether oxygens (including phenoxy) is 1. The lowest BCUT2D eigenvalue weighted by Crippen LogP contribution is -2.24. The minimum atomic E-state index is -0.861. The molecule has 1 N–H and O–H groups in total. The highest BCUT2D eigenvalue weighted by atomic mass is 19.2. The molecule has 1 unspecified atom stereocenters. The topological polar surface area (TPSA) is 54.0 Å². The fourth-order valence-corrected chi connectivity index (χ4v) is 2.93. The fourth-order valence-electron chi connectivity index (χ4n) is 2.93. The molecule has 0 bridgehead atoms. The predicted molar refractivity (Wildman–Crippen MR) is 76.4 cm³/mol. The molecule has 1 atom stereocenters. The summed E-state index contributed by atoms with van der Waals surface area (Å²) < 4.78 is 32.8. The first-order valence-electron chi connectivity index (χ1n) is 7.24. The number of methoxy groups -OCH3 is 1. The van der Waals surface area contributed by atoms with Gasteiger partial charge in [-0.3, -0.25) is 10.00 Å². The normalized spacial score (nSPS) is 18.8. The summed E-state index contributed by atoms with van der Waals surface area (Å²) in [5.74, 6) is 0.0920. The Morgan fingerprint density at radius 1 is 1.41 bits per heavy atom. The number of H-pyrrole nitrogens is 1. The summed E-state index contributed by atoms with van der Waals surface area (Å²) in [6.07, 6.45) is 1.87.